The van der Waals surface area contributed by atoms with Crippen LogP contribution in [-0.4, -0.2) is 6.54 Å². The summed E-state index contributed by atoms with van der Waals surface area (Å²) < 4.78 is 0. The van der Waals surface area contributed by atoms with E-state index in [9.17, 15) is 0 Å². The minimum Gasteiger partial charge on any atom is -0.330 e. The Kier molecular flexibility index (Phi) is 2.94. The Morgan fingerprint density at radius 2 is 1.90 bits per heavy atom. The lowest BCUT2D eigenvalue weighted by atomic mass is 9.82. The molecule has 0 heterocycles. The van der Waals surface area contributed by atoms with Gasteiger partial charge >= 0.3 is 0 Å². The van der Waals surface area contributed by atoms with Crippen LogP contribution in [0.15, 0.2) is 12.7 Å². The average Bonchev–Trinajstić information content (AvgIpc) is 2.05. The lowest BCUT2D eigenvalue weighted by Gasteiger charge is -2.25. The monoisotopic (exact) mass is 139 g/mol. The van der Waals surface area contributed by atoms with Gasteiger partial charge in [-0.15, -0.1) is 6.58 Å². The van der Waals surface area contributed by atoms with Crippen molar-refractivity contribution in [1.82, 2.24) is 0 Å². The van der Waals surface area contributed by atoms with Gasteiger partial charge in [0.15, 0.2) is 0 Å². The Bertz CT molecular complexity index is 101. The minimum absolute atomic E-state index is 0.780. The molecule has 1 nitrogen and oxygen atoms in total. The Hall–Kier alpha value is -0.300. The Balaban J connectivity index is 2.23. The van der Waals surface area contributed by atoms with Gasteiger partial charge in [0, 0.05) is 0 Å². The number of hydrogen-bond acceptors (Lipinski definition) is 1. The summed E-state index contributed by atoms with van der Waals surface area (Å²) in [5.74, 6) is 1.58. The highest BCUT2D eigenvalue weighted by Gasteiger charge is 2.17. The second kappa shape index (κ2) is 3.77. The van der Waals surface area contributed by atoms with Crippen molar-refractivity contribution in [2.75, 3.05) is 6.54 Å². The van der Waals surface area contributed by atoms with Crippen LogP contribution in [-0.2, 0) is 0 Å². The van der Waals surface area contributed by atoms with Gasteiger partial charge in [-0.2, -0.15) is 0 Å². The molecule has 0 aromatic rings. The van der Waals surface area contributed by atoms with Crippen LogP contribution >= 0.6 is 0 Å². The van der Waals surface area contributed by atoms with Gasteiger partial charge in [0.05, 0.1) is 0 Å². The van der Waals surface area contributed by atoms with E-state index in [1.807, 2.05) is 0 Å². The highest BCUT2D eigenvalue weighted by Crippen LogP contribution is 2.28. The first-order chi connectivity index (χ1) is 4.86. The molecule has 0 bridgehead atoms. The minimum atomic E-state index is 0.780. The highest BCUT2D eigenvalue weighted by molar-refractivity contribution is 4.83. The Morgan fingerprint density at radius 3 is 2.30 bits per heavy atom. The van der Waals surface area contributed by atoms with Gasteiger partial charge < -0.3 is 5.73 Å². The van der Waals surface area contributed by atoms with Gasteiger partial charge in [0.1, 0.15) is 0 Å². The van der Waals surface area contributed by atoms with Crippen molar-refractivity contribution < 1.29 is 0 Å². The fourth-order valence-corrected chi connectivity index (χ4v) is 1.66. The van der Waals surface area contributed by atoms with Crippen molar-refractivity contribution in [1.29, 1.82) is 0 Å². The normalized spacial score (nSPS) is 33.7. The molecule has 1 heteroatoms. The van der Waals surface area contributed by atoms with Crippen molar-refractivity contribution in [3.8, 4) is 0 Å². The molecule has 0 saturated heterocycles. The van der Waals surface area contributed by atoms with Crippen LogP contribution in [0.1, 0.15) is 25.7 Å². The van der Waals surface area contributed by atoms with E-state index in [0.29, 0.717) is 0 Å². The van der Waals surface area contributed by atoms with E-state index in [0.717, 1.165) is 18.4 Å². The molecule has 1 aliphatic rings. The zero-order valence-electron chi connectivity index (χ0n) is 6.55. The molecule has 0 amide bonds. The maximum absolute atomic E-state index is 5.56. The number of allylic oxidation sites excluding steroid dienone is 1. The molecule has 10 heavy (non-hydrogen) atoms. The van der Waals surface area contributed by atoms with Crippen molar-refractivity contribution in [3.05, 3.63) is 12.7 Å². The summed E-state index contributed by atoms with van der Waals surface area (Å²) in [6.07, 6.45) is 7.34. The predicted molar refractivity (Wildman–Crippen MR) is 44.7 cm³/mol. The van der Waals surface area contributed by atoms with Crippen molar-refractivity contribution in [2.24, 2.45) is 17.6 Å². The third-order valence-electron chi connectivity index (χ3n) is 2.56. The topological polar surface area (TPSA) is 26.0 Å². The first-order valence-corrected chi connectivity index (χ1v) is 4.19. The van der Waals surface area contributed by atoms with Crippen molar-refractivity contribution in [3.63, 3.8) is 0 Å². The van der Waals surface area contributed by atoms with Gasteiger partial charge in [-0.3, -0.25) is 0 Å². The zero-order valence-corrected chi connectivity index (χ0v) is 6.55. The molecule has 0 aromatic heterocycles. The van der Waals surface area contributed by atoms with Gasteiger partial charge in [0.25, 0.3) is 0 Å². The van der Waals surface area contributed by atoms with E-state index in [-0.39, 0.29) is 0 Å². The molecule has 0 spiro atoms. The summed E-state index contributed by atoms with van der Waals surface area (Å²) in [4.78, 5) is 0. The van der Waals surface area contributed by atoms with Crippen LogP contribution in [0.5, 0.6) is 0 Å². The predicted octanol–water partition coefficient (Wildman–Crippen LogP) is 1.94. The second-order valence-electron chi connectivity index (χ2n) is 3.25. The second-order valence-corrected chi connectivity index (χ2v) is 3.25. The van der Waals surface area contributed by atoms with E-state index in [1.54, 1.807) is 0 Å². The van der Waals surface area contributed by atoms with Gasteiger partial charge in [-0.05, 0) is 44.1 Å². The Morgan fingerprint density at radius 1 is 1.30 bits per heavy atom. The summed E-state index contributed by atoms with van der Waals surface area (Å²) in [6.45, 7) is 4.68. The smallest absolute Gasteiger partial charge is 0.00489 e. The molecule has 1 saturated carbocycles. The molecule has 1 aliphatic carbocycles. The quantitative estimate of drug-likeness (QED) is 0.581. The summed E-state index contributed by atoms with van der Waals surface area (Å²) in [7, 11) is 0. The van der Waals surface area contributed by atoms with Gasteiger partial charge in [-0.25, -0.2) is 0 Å². The fraction of sp³-hybridized carbons (Fsp3) is 0.778. The SMILES string of the molecule is C=CC1CCC(CN)CC1. The van der Waals surface area contributed by atoms with Crippen LogP contribution in [0, 0.1) is 11.8 Å². The molecule has 1 rings (SSSR count). The maximum Gasteiger partial charge on any atom is -0.00489 e. The first-order valence-electron chi connectivity index (χ1n) is 4.19. The van der Waals surface area contributed by atoms with Crippen LogP contribution < -0.4 is 5.73 Å². The number of nitrogens with two attached hydrogens (primary N) is 1. The van der Waals surface area contributed by atoms with Gasteiger partial charge in [-0.1, -0.05) is 6.08 Å². The van der Waals surface area contributed by atoms with Crippen LogP contribution in [0.4, 0.5) is 0 Å². The van der Waals surface area contributed by atoms with E-state index < -0.39 is 0 Å². The Labute approximate surface area is 63.3 Å². The molecule has 1 fully saturated rings. The molecular formula is C9H17N. The third-order valence-corrected chi connectivity index (χ3v) is 2.56. The van der Waals surface area contributed by atoms with Crippen LogP contribution in [0.3, 0.4) is 0 Å². The third kappa shape index (κ3) is 1.84. The number of rotatable bonds is 2. The molecular weight excluding hydrogens is 122 g/mol. The molecule has 0 unspecified atom stereocenters. The first kappa shape index (κ1) is 7.80. The molecule has 2 N–H and O–H groups in total. The van der Waals surface area contributed by atoms with Gasteiger partial charge in [0.2, 0.25) is 0 Å². The molecule has 0 aliphatic heterocycles. The lowest BCUT2D eigenvalue weighted by molar-refractivity contribution is 0.317. The lowest BCUT2D eigenvalue weighted by Crippen LogP contribution is -2.20. The highest BCUT2D eigenvalue weighted by atomic mass is 14.5. The molecule has 0 radical (unpaired) electrons. The molecule has 58 valence electrons. The summed E-state index contributed by atoms with van der Waals surface area (Å²) in [5, 5.41) is 0. The van der Waals surface area contributed by atoms with Crippen molar-refractivity contribution >= 4 is 0 Å². The summed E-state index contributed by atoms with van der Waals surface area (Å²) in [6, 6.07) is 0. The standard InChI is InChI=1S/C9H17N/c1-2-8-3-5-9(7-10)6-4-8/h2,8-9H,1,3-7,10H2. The van der Waals surface area contributed by atoms with Crippen LogP contribution in [0.25, 0.3) is 0 Å². The molecule has 0 atom stereocenters. The number of hydrogen-bond donors (Lipinski definition) is 1. The fourth-order valence-electron chi connectivity index (χ4n) is 1.66. The molecule has 0 aromatic carbocycles. The van der Waals surface area contributed by atoms with Crippen LogP contribution in [0.2, 0.25) is 0 Å². The van der Waals surface area contributed by atoms with E-state index >= 15 is 0 Å². The summed E-state index contributed by atoms with van der Waals surface area (Å²) in [5.41, 5.74) is 5.56. The van der Waals surface area contributed by atoms with E-state index in [1.165, 1.54) is 25.7 Å². The largest absolute Gasteiger partial charge is 0.330 e. The van der Waals surface area contributed by atoms with E-state index in [2.05, 4.69) is 12.7 Å². The average molecular weight is 139 g/mol. The zero-order chi connectivity index (χ0) is 7.40. The van der Waals surface area contributed by atoms with E-state index in [4.69, 9.17) is 5.73 Å². The summed E-state index contributed by atoms with van der Waals surface area (Å²) >= 11 is 0. The maximum atomic E-state index is 5.56. The van der Waals surface area contributed by atoms with Crippen molar-refractivity contribution in [2.45, 2.75) is 25.7 Å².